The molecule has 3 aliphatic rings. The lowest BCUT2D eigenvalue weighted by Gasteiger charge is -2.39. The van der Waals surface area contributed by atoms with Crippen LogP contribution in [0.3, 0.4) is 0 Å². The number of phenols is 3. The van der Waals surface area contributed by atoms with E-state index < -0.39 is 86.6 Å². The van der Waals surface area contributed by atoms with Crippen LogP contribution < -0.4 is 14.2 Å². The molecule has 2 fully saturated rings. The summed E-state index contributed by atoms with van der Waals surface area (Å²) in [6.45, 7) is -1.20. The first-order valence-corrected chi connectivity index (χ1v) is 17.7. The Morgan fingerprint density at radius 1 is 0.536 bits per heavy atom. The Hall–Kier alpha value is -4.98. The molecule has 0 saturated carbocycles. The molecular formula is C40H42O16. The summed E-state index contributed by atoms with van der Waals surface area (Å²) in [7, 11) is 0. The molecule has 16 nitrogen and oxygen atoms in total. The average molecular weight is 779 g/mol. The first kappa shape index (κ1) is 39.3. The van der Waals surface area contributed by atoms with Crippen LogP contribution in [0.2, 0.25) is 0 Å². The number of aliphatic hydroxyl groups excluding tert-OH is 8. The maximum absolute atomic E-state index is 11.4. The molecule has 4 aromatic rings. The Kier molecular flexibility index (Phi) is 11.4. The van der Waals surface area contributed by atoms with Gasteiger partial charge in [0, 0.05) is 11.6 Å². The lowest BCUT2D eigenvalue weighted by molar-refractivity contribution is -0.277. The number of aromatic hydroxyl groups is 3. The fourth-order valence-electron chi connectivity index (χ4n) is 7.08. The van der Waals surface area contributed by atoms with E-state index in [-0.39, 0.29) is 23.0 Å². The van der Waals surface area contributed by atoms with E-state index in [0.29, 0.717) is 33.8 Å². The molecule has 0 amide bonds. The lowest BCUT2D eigenvalue weighted by Crippen LogP contribution is -2.60. The first-order chi connectivity index (χ1) is 26.8. The zero-order valence-electron chi connectivity index (χ0n) is 29.5. The molecule has 3 aliphatic heterocycles. The molecule has 2 saturated heterocycles. The van der Waals surface area contributed by atoms with Crippen molar-refractivity contribution in [3.8, 4) is 34.5 Å². The molecule has 4 aromatic carbocycles. The van der Waals surface area contributed by atoms with E-state index in [4.69, 9.17) is 23.7 Å². The molecule has 0 spiro atoms. The van der Waals surface area contributed by atoms with Crippen molar-refractivity contribution in [2.24, 2.45) is 0 Å². The number of benzene rings is 4. The highest BCUT2D eigenvalue weighted by Gasteiger charge is 2.46. The Bertz CT molecular complexity index is 1980. The number of hydrogen-bond acceptors (Lipinski definition) is 16. The summed E-state index contributed by atoms with van der Waals surface area (Å²) in [5.74, 6) is -0.342. The standard InChI is InChI=1S/C40H42O16/c41-16-28-32(46)34(48)36(50)39(55-28)52-24-7-3-18(4-8-24)1-2-19-11-26(45)31-27(12-19)54-38(30(31)21-13-22(43)15-23(44)14-21)20-5-9-25(10-6-20)53-40-37(51)35(49)33(47)29(17-42)56-40/h1-15,28-30,32-51H,16-17H2/b2-1-/t28-,29-,30+,32-,33-,34+,35+,36-,37-,38-,39-,40-/m1/s1. The monoisotopic (exact) mass is 778 g/mol. The van der Waals surface area contributed by atoms with Crippen LogP contribution in [-0.4, -0.2) is 131 Å². The van der Waals surface area contributed by atoms with Gasteiger partial charge in [-0.25, -0.2) is 0 Å². The zero-order valence-corrected chi connectivity index (χ0v) is 29.5. The van der Waals surface area contributed by atoms with Crippen molar-refractivity contribution in [3.63, 3.8) is 0 Å². The molecule has 16 heteroatoms. The maximum atomic E-state index is 11.4. The van der Waals surface area contributed by atoms with E-state index in [0.717, 1.165) is 5.56 Å². The molecule has 298 valence electrons. The van der Waals surface area contributed by atoms with E-state index in [2.05, 4.69) is 0 Å². The molecule has 3 heterocycles. The minimum absolute atomic E-state index is 0.108. The van der Waals surface area contributed by atoms with Crippen molar-refractivity contribution in [2.45, 2.75) is 73.4 Å². The van der Waals surface area contributed by atoms with Gasteiger partial charge >= 0.3 is 0 Å². The Morgan fingerprint density at radius 3 is 1.55 bits per heavy atom. The highest BCUT2D eigenvalue weighted by Crippen LogP contribution is 2.54. The number of aliphatic hydroxyl groups is 8. The Balaban J connectivity index is 1.10. The first-order valence-electron chi connectivity index (χ1n) is 17.7. The van der Waals surface area contributed by atoms with Crippen LogP contribution in [0.15, 0.2) is 78.9 Å². The van der Waals surface area contributed by atoms with Crippen molar-refractivity contribution in [1.29, 1.82) is 0 Å². The van der Waals surface area contributed by atoms with Crippen LogP contribution in [0.1, 0.15) is 39.8 Å². The van der Waals surface area contributed by atoms with Gasteiger partial charge in [0.1, 0.15) is 89.4 Å². The number of ether oxygens (including phenoxy) is 5. The highest BCUT2D eigenvalue weighted by atomic mass is 16.7. The highest BCUT2D eigenvalue weighted by molar-refractivity contribution is 5.73. The van der Waals surface area contributed by atoms with E-state index in [1.54, 1.807) is 72.8 Å². The number of phenolic OH excluding ortho intramolecular Hbond substituents is 3. The van der Waals surface area contributed by atoms with Gasteiger partial charge in [0.15, 0.2) is 0 Å². The zero-order chi connectivity index (χ0) is 39.8. The summed E-state index contributed by atoms with van der Waals surface area (Å²) in [5.41, 5.74) is 2.78. The topological polar surface area (TPSA) is 269 Å². The van der Waals surface area contributed by atoms with Gasteiger partial charge in [0.2, 0.25) is 12.6 Å². The Labute approximate surface area is 319 Å². The SMILES string of the molecule is OC[C@H]1O[C@@H](Oc2ccc(/C=C\c3cc(O)c4c(c3)O[C@H](c3ccc(O[C@@H]5O[C@H](CO)[C@@H](O)[C@H](O)[C@H]5O)cc3)[C@H]4c3cc(O)cc(O)c3)cc2)[C@H](O)[C@@H](O)[C@@H]1O. The normalized spacial score (nSPS) is 31.5. The molecule has 0 aromatic heterocycles. The van der Waals surface area contributed by atoms with Crippen molar-refractivity contribution in [3.05, 3.63) is 107 Å². The second kappa shape index (κ2) is 16.2. The van der Waals surface area contributed by atoms with Crippen molar-refractivity contribution >= 4 is 12.2 Å². The van der Waals surface area contributed by atoms with E-state index >= 15 is 0 Å². The second-order valence-electron chi connectivity index (χ2n) is 13.9. The molecule has 56 heavy (non-hydrogen) atoms. The Morgan fingerprint density at radius 2 is 1.04 bits per heavy atom. The summed E-state index contributed by atoms with van der Waals surface area (Å²) >= 11 is 0. The van der Waals surface area contributed by atoms with Crippen LogP contribution in [0.5, 0.6) is 34.5 Å². The predicted octanol–water partition coefficient (Wildman–Crippen LogP) is 0.597. The maximum Gasteiger partial charge on any atom is 0.229 e. The van der Waals surface area contributed by atoms with Gasteiger partial charge in [-0.15, -0.1) is 0 Å². The van der Waals surface area contributed by atoms with Crippen LogP contribution in [0.25, 0.3) is 12.2 Å². The summed E-state index contributed by atoms with van der Waals surface area (Å²) < 4.78 is 28.7. The molecule has 0 unspecified atom stereocenters. The van der Waals surface area contributed by atoms with Gasteiger partial charge in [0.05, 0.1) is 19.1 Å². The van der Waals surface area contributed by atoms with E-state index in [1.807, 2.05) is 0 Å². The van der Waals surface area contributed by atoms with Crippen LogP contribution in [0, 0.1) is 0 Å². The molecule has 0 bridgehead atoms. The molecular weight excluding hydrogens is 736 g/mol. The quantitative estimate of drug-likeness (QED) is 0.0985. The molecule has 7 rings (SSSR count). The minimum Gasteiger partial charge on any atom is -0.508 e. The third-order valence-corrected chi connectivity index (χ3v) is 10.1. The van der Waals surface area contributed by atoms with Gasteiger partial charge in [-0.2, -0.15) is 0 Å². The van der Waals surface area contributed by atoms with Crippen molar-refractivity contribution in [1.82, 2.24) is 0 Å². The van der Waals surface area contributed by atoms with Gasteiger partial charge < -0.3 is 79.9 Å². The van der Waals surface area contributed by atoms with Crippen molar-refractivity contribution in [2.75, 3.05) is 13.2 Å². The summed E-state index contributed by atoms with van der Waals surface area (Å²) in [4.78, 5) is 0. The van der Waals surface area contributed by atoms with Crippen molar-refractivity contribution < 1.29 is 79.9 Å². The minimum atomic E-state index is -1.62. The average Bonchev–Trinajstić information content (AvgIpc) is 3.58. The van der Waals surface area contributed by atoms with Crippen LogP contribution in [0.4, 0.5) is 0 Å². The smallest absolute Gasteiger partial charge is 0.229 e. The molecule has 12 atom stereocenters. The van der Waals surface area contributed by atoms with Gasteiger partial charge in [-0.1, -0.05) is 36.4 Å². The lowest BCUT2D eigenvalue weighted by atomic mass is 9.84. The summed E-state index contributed by atoms with van der Waals surface area (Å²) in [5, 5.41) is 112. The summed E-state index contributed by atoms with van der Waals surface area (Å²) in [6, 6.07) is 20.5. The van der Waals surface area contributed by atoms with E-state index in [1.165, 1.54) is 18.2 Å². The fraction of sp³-hybridized carbons (Fsp3) is 0.350. The van der Waals surface area contributed by atoms with Gasteiger partial charge in [-0.3, -0.25) is 0 Å². The predicted molar refractivity (Wildman–Crippen MR) is 194 cm³/mol. The third kappa shape index (κ3) is 7.85. The van der Waals surface area contributed by atoms with Gasteiger partial charge in [0.25, 0.3) is 0 Å². The van der Waals surface area contributed by atoms with E-state index in [9.17, 15) is 56.2 Å². The second-order valence-corrected chi connectivity index (χ2v) is 13.9. The third-order valence-electron chi connectivity index (χ3n) is 10.1. The fourth-order valence-corrected chi connectivity index (χ4v) is 7.08. The van der Waals surface area contributed by atoms with Crippen LogP contribution in [-0.2, 0) is 9.47 Å². The number of rotatable bonds is 10. The summed E-state index contributed by atoms with van der Waals surface area (Å²) in [6.07, 6.45) is -11.6. The number of hydrogen-bond donors (Lipinski definition) is 11. The molecule has 0 radical (unpaired) electrons. The number of fused-ring (bicyclic) bond motifs is 1. The van der Waals surface area contributed by atoms with Gasteiger partial charge in [-0.05, 0) is 70.8 Å². The largest absolute Gasteiger partial charge is 0.508 e. The molecule has 0 aliphatic carbocycles. The van der Waals surface area contributed by atoms with Crippen LogP contribution >= 0.6 is 0 Å². The molecule has 11 N–H and O–H groups in total.